The zero-order valence-electron chi connectivity index (χ0n) is 15.4. The van der Waals surface area contributed by atoms with Gasteiger partial charge in [-0.1, -0.05) is 90.9 Å². The van der Waals surface area contributed by atoms with Crippen molar-refractivity contribution in [1.29, 1.82) is 0 Å². The van der Waals surface area contributed by atoms with Crippen molar-refractivity contribution in [3.8, 4) is 0 Å². The first-order valence-electron chi connectivity index (χ1n) is 10.1. The van der Waals surface area contributed by atoms with Gasteiger partial charge in [0.1, 0.15) is 0 Å². The fourth-order valence-electron chi connectivity index (χ4n) is 3.07. The Hall–Kier alpha value is -0.0800. The molecular weight excluding hydrogens is 272 g/mol. The van der Waals surface area contributed by atoms with Crippen molar-refractivity contribution in [2.24, 2.45) is 0 Å². The van der Waals surface area contributed by atoms with Gasteiger partial charge in [-0.05, 0) is 25.7 Å². The smallest absolute Gasteiger partial charge is 0.0540 e. The standard InChI is InChI=1S/C20H42O2/c1-3-5-6-12-17-20(22)18-14-11-9-7-8-10-13-16-19(21)15-4-2/h19-22H,3-18H2,1-2H3. The summed E-state index contributed by atoms with van der Waals surface area (Å²) in [5, 5.41) is 19.5. The van der Waals surface area contributed by atoms with Crippen LogP contribution in [0.25, 0.3) is 0 Å². The largest absolute Gasteiger partial charge is 0.393 e. The van der Waals surface area contributed by atoms with Crippen LogP contribution in [0, 0.1) is 0 Å². The van der Waals surface area contributed by atoms with E-state index in [0.717, 1.165) is 32.1 Å². The Bertz CT molecular complexity index is 206. The summed E-state index contributed by atoms with van der Waals surface area (Å²) in [6, 6.07) is 0. The Morgan fingerprint density at radius 2 is 0.818 bits per heavy atom. The van der Waals surface area contributed by atoms with Crippen molar-refractivity contribution in [1.82, 2.24) is 0 Å². The molecule has 0 aromatic rings. The molecule has 0 aromatic carbocycles. The minimum Gasteiger partial charge on any atom is -0.393 e. The highest BCUT2D eigenvalue weighted by molar-refractivity contribution is 4.58. The molecule has 0 aliphatic rings. The molecule has 134 valence electrons. The third kappa shape index (κ3) is 16.3. The molecular formula is C20H42O2. The molecule has 0 saturated carbocycles. The van der Waals surface area contributed by atoms with Gasteiger partial charge >= 0.3 is 0 Å². The summed E-state index contributed by atoms with van der Waals surface area (Å²) in [6.07, 6.45) is 18.8. The molecule has 0 saturated heterocycles. The lowest BCUT2D eigenvalue weighted by molar-refractivity contribution is 0.147. The highest BCUT2D eigenvalue weighted by Crippen LogP contribution is 2.14. The first-order valence-corrected chi connectivity index (χ1v) is 10.1. The van der Waals surface area contributed by atoms with Crippen LogP contribution in [-0.4, -0.2) is 22.4 Å². The average Bonchev–Trinajstić information content (AvgIpc) is 2.50. The van der Waals surface area contributed by atoms with E-state index in [4.69, 9.17) is 0 Å². The first-order chi connectivity index (χ1) is 10.7. The summed E-state index contributed by atoms with van der Waals surface area (Å²) in [5.41, 5.74) is 0. The lowest BCUT2D eigenvalue weighted by atomic mass is 10.0. The van der Waals surface area contributed by atoms with E-state index in [1.807, 2.05) is 0 Å². The number of hydrogen-bond donors (Lipinski definition) is 2. The van der Waals surface area contributed by atoms with Crippen molar-refractivity contribution in [2.45, 2.75) is 129 Å². The Morgan fingerprint density at radius 3 is 1.23 bits per heavy atom. The molecule has 2 heteroatoms. The van der Waals surface area contributed by atoms with Crippen LogP contribution < -0.4 is 0 Å². The maximum absolute atomic E-state index is 9.89. The second kappa shape index (κ2) is 17.3. The minimum absolute atomic E-state index is 0.0584. The summed E-state index contributed by atoms with van der Waals surface area (Å²) in [5.74, 6) is 0. The van der Waals surface area contributed by atoms with E-state index in [0.29, 0.717) is 0 Å². The number of rotatable bonds is 17. The molecule has 0 fully saturated rings. The number of unbranched alkanes of at least 4 members (excludes halogenated alkanes) is 9. The molecule has 2 unspecified atom stereocenters. The van der Waals surface area contributed by atoms with Crippen LogP contribution in [0.5, 0.6) is 0 Å². The lowest BCUT2D eigenvalue weighted by Gasteiger charge is -2.10. The molecule has 0 aliphatic carbocycles. The Labute approximate surface area is 139 Å². The second-order valence-electron chi connectivity index (χ2n) is 7.00. The van der Waals surface area contributed by atoms with Crippen molar-refractivity contribution in [3.05, 3.63) is 0 Å². The molecule has 0 radical (unpaired) electrons. The first kappa shape index (κ1) is 21.9. The SMILES string of the molecule is CCCCCCC(O)CCCCCCCCCC(O)CCC. The van der Waals surface area contributed by atoms with Gasteiger partial charge in [0.2, 0.25) is 0 Å². The van der Waals surface area contributed by atoms with Crippen LogP contribution in [0.4, 0.5) is 0 Å². The molecule has 22 heavy (non-hydrogen) atoms. The van der Waals surface area contributed by atoms with Crippen LogP contribution in [0.15, 0.2) is 0 Å². The van der Waals surface area contributed by atoms with Crippen LogP contribution in [0.2, 0.25) is 0 Å². The van der Waals surface area contributed by atoms with Gasteiger partial charge in [0.25, 0.3) is 0 Å². The van der Waals surface area contributed by atoms with E-state index in [2.05, 4.69) is 13.8 Å². The maximum atomic E-state index is 9.89. The van der Waals surface area contributed by atoms with E-state index < -0.39 is 0 Å². The molecule has 0 aliphatic heterocycles. The fraction of sp³-hybridized carbons (Fsp3) is 1.00. The maximum Gasteiger partial charge on any atom is 0.0540 e. The average molecular weight is 315 g/mol. The molecule has 2 atom stereocenters. The molecule has 0 heterocycles. The molecule has 2 N–H and O–H groups in total. The Balaban J connectivity index is 3.16. The predicted octanol–water partition coefficient (Wildman–Crippen LogP) is 5.99. The van der Waals surface area contributed by atoms with Gasteiger partial charge < -0.3 is 10.2 Å². The second-order valence-corrected chi connectivity index (χ2v) is 7.00. The molecule has 0 bridgehead atoms. The fourth-order valence-corrected chi connectivity index (χ4v) is 3.07. The van der Waals surface area contributed by atoms with E-state index in [9.17, 15) is 10.2 Å². The number of aliphatic hydroxyl groups is 2. The molecule has 0 aromatic heterocycles. The zero-order valence-corrected chi connectivity index (χ0v) is 15.4. The molecule has 0 spiro atoms. The van der Waals surface area contributed by atoms with Crippen LogP contribution in [0.3, 0.4) is 0 Å². The highest BCUT2D eigenvalue weighted by atomic mass is 16.3. The summed E-state index contributed by atoms with van der Waals surface area (Å²) in [7, 11) is 0. The van der Waals surface area contributed by atoms with Crippen molar-refractivity contribution in [2.75, 3.05) is 0 Å². The zero-order chi connectivity index (χ0) is 16.5. The van der Waals surface area contributed by atoms with Crippen LogP contribution >= 0.6 is 0 Å². The topological polar surface area (TPSA) is 40.5 Å². The predicted molar refractivity (Wildman–Crippen MR) is 97.2 cm³/mol. The third-order valence-electron chi connectivity index (χ3n) is 4.59. The summed E-state index contributed by atoms with van der Waals surface area (Å²) >= 11 is 0. The quantitative estimate of drug-likeness (QED) is 0.324. The Morgan fingerprint density at radius 1 is 0.455 bits per heavy atom. The summed E-state index contributed by atoms with van der Waals surface area (Å²) < 4.78 is 0. The third-order valence-corrected chi connectivity index (χ3v) is 4.59. The van der Waals surface area contributed by atoms with Crippen LogP contribution in [0.1, 0.15) is 117 Å². The van der Waals surface area contributed by atoms with Gasteiger partial charge in [-0.25, -0.2) is 0 Å². The van der Waals surface area contributed by atoms with Crippen molar-refractivity contribution >= 4 is 0 Å². The van der Waals surface area contributed by atoms with E-state index in [-0.39, 0.29) is 12.2 Å². The molecule has 2 nitrogen and oxygen atoms in total. The monoisotopic (exact) mass is 314 g/mol. The van der Waals surface area contributed by atoms with Gasteiger partial charge in [-0.15, -0.1) is 0 Å². The van der Waals surface area contributed by atoms with Gasteiger partial charge in [0, 0.05) is 0 Å². The molecule has 0 amide bonds. The van der Waals surface area contributed by atoms with Gasteiger partial charge in [0.15, 0.2) is 0 Å². The lowest BCUT2D eigenvalue weighted by Crippen LogP contribution is -2.06. The van der Waals surface area contributed by atoms with Crippen molar-refractivity contribution in [3.63, 3.8) is 0 Å². The normalized spacial score (nSPS) is 14.2. The number of aliphatic hydroxyl groups excluding tert-OH is 2. The molecule has 0 rings (SSSR count). The van der Waals surface area contributed by atoms with Crippen LogP contribution in [-0.2, 0) is 0 Å². The number of hydrogen-bond acceptors (Lipinski definition) is 2. The summed E-state index contributed by atoms with van der Waals surface area (Å²) in [4.78, 5) is 0. The van der Waals surface area contributed by atoms with Gasteiger partial charge in [-0.2, -0.15) is 0 Å². The van der Waals surface area contributed by atoms with E-state index in [1.165, 1.54) is 70.6 Å². The van der Waals surface area contributed by atoms with E-state index >= 15 is 0 Å². The van der Waals surface area contributed by atoms with Gasteiger partial charge in [0.05, 0.1) is 12.2 Å². The summed E-state index contributed by atoms with van der Waals surface area (Å²) in [6.45, 7) is 4.36. The Kier molecular flexibility index (Phi) is 17.2. The highest BCUT2D eigenvalue weighted by Gasteiger charge is 2.04. The minimum atomic E-state index is -0.0659. The van der Waals surface area contributed by atoms with Gasteiger partial charge in [-0.3, -0.25) is 0 Å². The van der Waals surface area contributed by atoms with Crippen molar-refractivity contribution < 1.29 is 10.2 Å². The van der Waals surface area contributed by atoms with E-state index in [1.54, 1.807) is 0 Å².